The van der Waals surface area contributed by atoms with Crippen molar-refractivity contribution in [2.24, 2.45) is 5.92 Å². The monoisotopic (exact) mass is 233 g/mol. The smallest absolute Gasteiger partial charge is 0.115 e. The average molecular weight is 233 g/mol. The van der Waals surface area contributed by atoms with Crippen molar-refractivity contribution < 1.29 is 5.11 Å². The maximum atomic E-state index is 9.25. The molecule has 0 saturated heterocycles. The molecule has 2 heteroatoms. The van der Waals surface area contributed by atoms with Crippen LogP contribution in [0.2, 0.25) is 0 Å². The summed E-state index contributed by atoms with van der Waals surface area (Å²) >= 11 is 0. The number of benzene rings is 1. The standard InChI is InChI=1S/C15H23NO/c1-2-12-4-3-5-13(7-6-12)16-14-8-10-15(17)11-9-14/h8-13,16-17H,2-7H2,1H3. The zero-order chi connectivity index (χ0) is 12.1. The zero-order valence-electron chi connectivity index (χ0n) is 10.7. The van der Waals surface area contributed by atoms with E-state index < -0.39 is 0 Å². The van der Waals surface area contributed by atoms with Crippen LogP contribution in [0.3, 0.4) is 0 Å². The van der Waals surface area contributed by atoms with Crippen molar-refractivity contribution >= 4 is 5.69 Å². The zero-order valence-corrected chi connectivity index (χ0v) is 10.7. The SMILES string of the molecule is CCC1CCCC(Nc2ccc(O)cc2)CC1. The Labute approximate surface area is 104 Å². The normalized spacial score (nSPS) is 25.2. The van der Waals surface area contributed by atoms with E-state index in [0.29, 0.717) is 11.8 Å². The van der Waals surface area contributed by atoms with E-state index in [4.69, 9.17) is 0 Å². The molecule has 0 amide bonds. The van der Waals surface area contributed by atoms with Gasteiger partial charge in [0.2, 0.25) is 0 Å². The molecule has 0 radical (unpaired) electrons. The molecule has 0 spiro atoms. The van der Waals surface area contributed by atoms with E-state index in [1.165, 1.54) is 38.5 Å². The predicted molar refractivity (Wildman–Crippen MR) is 72.4 cm³/mol. The third kappa shape index (κ3) is 3.65. The fourth-order valence-electron chi connectivity index (χ4n) is 2.72. The minimum Gasteiger partial charge on any atom is -0.508 e. The second-order valence-electron chi connectivity index (χ2n) is 5.17. The molecule has 2 atom stereocenters. The molecule has 2 nitrogen and oxygen atoms in total. The van der Waals surface area contributed by atoms with E-state index in [2.05, 4.69) is 12.2 Å². The molecule has 1 aliphatic carbocycles. The maximum Gasteiger partial charge on any atom is 0.115 e. The van der Waals surface area contributed by atoms with Gasteiger partial charge in [-0.25, -0.2) is 0 Å². The van der Waals surface area contributed by atoms with Crippen LogP contribution in [-0.4, -0.2) is 11.1 Å². The molecular weight excluding hydrogens is 210 g/mol. The van der Waals surface area contributed by atoms with Crippen LogP contribution in [0.5, 0.6) is 5.75 Å². The van der Waals surface area contributed by atoms with Crippen LogP contribution in [0.15, 0.2) is 24.3 Å². The summed E-state index contributed by atoms with van der Waals surface area (Å²) in [6, 6.07) is 8.01. The lowest BCUT2D eigenvalue weighted by Gasteiger charge is -2.18. The van der Waals surface area contributed by atoms with Crippen LogP contribution < -0.4 is 5.32 Å². The van der Waals surface area contributed by atoms with Gasteiger partial charge in [-0.05, 0) is 49.4 Å². The van der Waals surface area contributed by atoms with Crippen molar-refractivity contribution in [1.82, 2.24) is 0 Å². The number of rotatable bonds is 3. The number of phenols is 1. The Morgan fingerprint density at radius 1 is 1.12 bits per heavy atom. The highest BCUT2D eigenvalue weighted by Gasteiger charge is 2.17. The molecule has 1 aliphatic rings. The minimum atomic E-state index is 0.336. The molecule has 0 bridgehead atoms. The van der Waals surface area contributed by atoms with Crippen molar-refractivity contribution in [3.05, 3.63) is 24.3 Å². The first-order chi connectivity index (χ1) is 8.28. The van der Waals surface area contributed by atoms with E-state index in [1.54, 1.807) is 12.1 Å². The van der Waals surface area contributed by atoms with Gasteiger partial charge in [-0.15, -0.1) is 0 Å². The van der Waals surface area contributed by atoms with Gasteiger partial charge in [-0.1, -0.05) is 26.2 Å². The minimum absolute atomic E-state index is 0.336. The lowest BCUT2D eigenvalue weighted by atomic mass is 9.98. The maximum absolute atomic E-state index is 9.25. The predicted octanol–water partition coefficient (Wildman–Crippen LogP) is 4.16. The highest BCUT2D eigenvalue weighted by atomic mass is 16.3. The summed E-state index contributed by atoms with van der Waals surface area (Å²) in [7, 11) is 0. The van der Waals surface area contributed by atoms with Crippen LogP contribution in [0.1, 0.15) is 45.4 Å². The average Bonchev–Trinajstić information content (AvgIpc) is 2.57. The van der Waals surface area contributed by atoms with Gasteiger partial charge < -0.3 is 10.4 Å². The molecule has 1 saturated carbocycles. The van der Waals surface area contributed by atoms with E-state index in [-0.39, 0.29) is 0 Å². The van der Waals surface area contributed by atoms with Gasteiger partial charge in [0.1, 0.15) is 5.75 Å². The first-order valence-corrected chi connectivity index (χ1v) is 6.83. The van der Waals surface area contributed by atoms with Gasteiger partial charge >= 0.3 is 0 Å². The third-order valence-electron chi connectivity index (χ3n) is 3.90. The third-order valence-corrected chi connectivity index (χ3v) is 3.90. The molecule has 1 fully saturated rings. The molecule has 2 rings (SSSR count). The van der Waals surface area contributed by atoms with Gasteiger partial charge in [0, 0.05) is 11.7 Å². The molecule has 0 heterocycles. The lowest BCUT2D eigenvalue weighted by Crippen LogP contribution is -2.18. The molecule has 2 N–H and O–H groups in total. The Balaban J connectivity index is 1.88. The van der Waals surface area contributed by atoms with E-state index in [0.717, 1.165) is 11.6 Å². The summed E-state index contributed by atoms with van der Waals surface area (Å²) in [5.41, 5.74) is 1.13. The highest BCUT2D eigenvalue weighted by molar-refractivity contribution is 5.46. The van der Waals surface area contributed by atoms with Crippen LogP contribution >= 0.6 is 0 Å². The molecule has 2 unspecified atom stereocenters. The number of anilines is 1. The molecule has 1 aromatic carbocycles. The van der Waals surface area contributed by atoms with Crippen LogP contribution in [-0.2, 0) is 0 Å². The fourth-order valence-corrected chi connectivity index (χ4v) is 2.72. The molecule has 0 aromatic heterocycles. The Hall–Kier alpha value is -1.18. The Bertz CT molecular complexity index is 333. The second kappa shape index (κ2) is 5.95. The van der Waals surface area contributed by atoms with Gasteiger partial charge in [0.15, 0.2) is 0 Å². The summed E-state index contributed by atoms with van der Waals surface area (Å²) in [6.07, 6.45) is 7.97. The van der Waals surface area contributed by atoms with Crippen molar-refractivity contribution in [1.29, 1.82) is 0 Å². The number of phenolic OH excluding ortho intramolecular Hbond substituents is 1. The van der Waals surface area contributed by atoms with E-state index in [1.807, 2.05) is 12.1 Å². The van der Waals surface area contributed by atoms with Gasteiger partial charge in [-0.3, -0.25) is 0 Å². The van der Waals surface area contributed by atoms with Crippen LogP contribution in [0.25, 0.3) is 0 Å². The number of hydrogen-bond acceptors (Lipinski definition) is 2. The van der Waals surface area contributed by atoms with E-state index in [9.17, 15) is 5.11 Å². The first kappa shape index (κ1) is 12.3. The summed E-state index contributed by atoms with van der Waals surface area (Å²) in [6.45, 7) is 2.30. The van der Waals surface area contributed by atoms with Gasteiger partial charge in [-0.2, -0.15) is 0 Å². The van der Waals surface area contributed by atoms with Crippen molar-refractivity contribution in [3.63, 3.8) is 0 Å². The summed E-state index contributed by atoms with van der Waals surface area (Å²) in [4.78, 5) is 0. The first-order valence-electron chi connectivity index (χ1n) is 6.83. The molecule has 0 aliphatic heterocycles. The fraction of sp³-hybridized carbons (Fsp3) is 0.600. The lowest BCUT2D eigenvalue weighted by molar-refractivity contribution is 0.444. The van der Waals surface area contributed by atoms with Crippen molar-refractivity contribution in [2.75, 3.05) is 5.32 Å². The Morgan fingerprint density at radius 3 is 2.59 bits per heavy atom. The van der Waals surface area contributed by atoms with Crippen molar-refractivity contribution in [3.8, 4) is 5.75 Å². The van der Waals surface area contributed by atoms with Crippen LogP contribution in [0.4, 0.5) is 5.69 Å². The summed E-state index contributed by atoms with van der Waals surface area (Å²) in [5, 5.41) is 12.8. The molecule has 94 valence electrons. The quantitative estimate of drug-likeness (QED) is 0.607. The number of aromatic hydroxyl groups is 1. The second-order valence-corrected chi connectivity index (χ2v) is 5.17. The van der Waals surface area contributed by atoms with Gasteiger partial charge in [0.25, 0.3) is 0 Å². The largest absolute Gasteiger partial charge is 0.508 e. The van der Waals surface area contributed by atoms with Crippen molar-refractivity contribution in [2.45, 2.75) is 51.5 Å². The number of nitrogens with one attached hydrogen (secondary N) is 1. The van der Waals surface area contributed by atoms with E-state index >= 15 is 0 Å². The van der Waals surface area contributed by atoms with Crippen LogP contribution in [0, 0.1) is 5.92 Å². The molecular formula is C15H23NO. The highest BCUT2D eigenvalue weighted by Crippen LogP contribution is 2.27. The Kier molecular flexibility index (Phi) is 4.29. The number of hydrogen-bond donors (Lipinski definition) is 2. The summed E-state index contributed by atoms with van der Waals surface area (Å²) in [5.74, 6) is 1.27. The summed E-state index contributed by atoms with van der Waals surface area (Å²) < 4.78 is 0. The van der Waals surface area contributed by atoms with Gasteiger partial charge in [0.05, 0.1) is 0 Å². The topological polar surface area (TPSA) is 32.3 Å². The molecule has 1 aromatic rings. The molecule has 17 heavy (non-hydrogen) atoms. The Morgan fingerprint density at radius 2 is 1.88 bits per heavy atom.